The molecule has 6 nitrogen and oxygen atoms in total. The lowest BCUT2D eigenvalue weighted by atomic mass is 10.0. The van der Waals surface area contributed by atoms with Gasteiger partial charge in [-0.15, -0.1) is 0 Å². The van der Waals surface area contributed by atoms with E-state index in [4.69, 9.17) is 16.2 Å². The number of nitrogens with zero attached hydrogens (tertiary/aromatic N) is 2. The Balaban J connectivity index is 1.36. The van der Waals surface area contributed by atoms with Crippen molar-refractivity contribution in [1.82, 2.24) is 15.6 Å². The molecule has 0 aliphatic rings. The number of carbonyl (C=O) groups excluding carboxylic acids is 1. The number of carbonyl (C=O) groups is 1. The lowest BCUT2D eigenvalue weighted by molar-refractivity contribution is 0.252. The van der Waals surface area contributed by atoms with Crippen molar-refractivity contribution in [2.75, 3.05) is 11.9 Å². The van der Waals surface area contributed by atoms with Crippen molar-refractivity contribution < 1.29 is 9.42 Å². The molecular weight excluding hydrogens is 448 g/mol. The van der Waals surface area contributed by atoms with Gasteiger partial charge in [-0.05, 0) is 41.0 Å². The van der Waals surface area contributed by atoms with Crippen LogP contribution < -0.4 is 10.6 Å². The van der Waals surface area contributed by atoms with E-state index in [-0.39, 0.29) is 6.03 Å². The summed E-state index contributed by atoms with van der Waals surface area (Å²) in [4.78, 5) is 12.2. The summed E-state index contributed by atoms with van der Waals surface area (Å²) < 4.78 is 4.97. The molecule has 7 heteroatoms. The second-order valence-corrected chi connectivity index (χ2v) is 9.04. The minimum absolute atomic E-state index is 0.186. The van der Waals surface area contributed by atoms with Crippen LogP contribution in [0.1, 0.15) is 71.1 Å². The first-order chi connectivity index (χ1) is 16.7. The van der Waals surface area contributed by atoms with Crippen LogP contribution >= 0.6 is 11.6 Å². The molecule has 1 heterocycles. The maximum absolute atomic E-state index is 12.2. The summed E-state index contributed by atoms with van der Waals surface area (Å²) in [5.74, 6) is 0. The fourth-order valence-electron chi connectivity index (χ4n) is 3.88. The number of halogens is 1. The van der Waals surface area contributed by atoms with Gasteiger partial charge in [0.05, 0.1) is 0 Å². The third-order valence-electron chi connectivity index (χ3n) is 5.84. The Morgan fingerprint density at radius 3 is 1.82 bits per heavy atom. The highest BCUT2D eigenvalue weighted by molar-refractivity contribution is 6.30. The lowest BCUT2D eigenvalue weighted by Gasteiger charge is -2.08. The zero-order valence-corrected chi connectivity index (χ0v) is 20.7. The van der Waals surface area contributed by atoms with Crippen LogP contribution in [0.5, 0.6) is 0 Å². The lowest BCUT2D eigenvalue weighted by Crippen LogP contribution is -2.29. The molecule has 0 radical (unpaired) electrons. The fraction of sp³-hybridized carbons (Fsp3) is 0.444. The SMILES string of the molecule is CCCCCCCCCCCCNC(=O)Nc1ccc(-c2nonc2-c2ccc(Cl)cc2)cc1. The highest BCUT2D eigenvalue weighted by Crippen LogP contribution is 2.30. The molecule has 34 heavy (non-hydrogen) atoms. The molecule has 2 amide bonds. The smallest absolute Gasteiger partial charge is 0.319 e. The van der Waals surface area contributed by atoms with Crippen LogP contribution in [0.3, 0.4) is 0 Å². The average molecular weight is 483 g/mol. The van der Waals surface area contributed by atoms with Crippen molar-refractivity contribution in [1.29, 1.82) is 0 Å². The first kappa shape index (κ1) is 25.8. The number of nitrogens with one attached hydrogen (secondary N) is 2. The number of anilines is 1. The van der Waals surface area contributed by atoms with E-state index in [9.17, 15) is 4.79 Å². The third-order valence-corrected chi connectivity index (χ3v) is 6.09. The normalized spacial score (nSPS) is 10.9. The van der Waals surface area contributed by atoms with Gasteiger partial charge in [0.15, 0.2) is 0 Å². The van der Waals surface area contributed by atoms with Gasteiger partial charge in [-0.3, -0.25) is 0 Å². The van der Waals surface area contributed by atoms with Gasteiger partial charge in [-0.1, -0.05) is 101 Å². The second kappa shape index (κ2) is 14.4. The summed E-state index contributed by atoms with van der Waals surface area (Å²) in [6.45, 7) is 2.94. The van der Waals surface area contributed by atoms with Crippen LogP contribution in [0.2, 0.25) is 5.02 Å². The summed E-state index contributed by atoms with van der Waals surface area (Å²) in [6, 6.07) is 14.6. The highest BCUT2D eigenvalue weighted by atomic mass is 35.5. The number of amides is 2. The first-order valence-corrected chi connectivity index (χ1v) is 12.8. The molecule has 0 spiro atoms. The monoisotopic (exact) mass is 482 g/mol. The largest absolute Gasteiger partial charge is 0.338 e. The van der Waals surface area contributed by atoms with Crippen LogP contribution in [-0.2, 0) is 0 Å². The van der Waals surface area contributed by atoms with E-state index in [0.29, 0.717) is 28.6 Å². The van der Waals surface area contributed by atoms with Crippen molar-refractivity contribution in [3.05, 3.63) is 53.6 Å². The number of aromatic nitrogens is 2. The Kier molecular flexibility index (Phi) is 10.9. The van der Waals surface area contributed by atoms with Gasteiger partial charge in [0, 0.05) is 28.4 Å². The topological polar surface area (TPSA) is 80.0 Å². The number of hydrogen-bond donors (Lipinski definition) is 2. The minimum atomic E-state index is -0.186. The molecule has 0 bridgehead atoms. The van der Waals surface area contributed by atoms with Gasteiger partial charge in [-0.25, -0.2) is 9.42 Å². The molecule has 2 aromatic carbocycles. The summed E-state index contributed by atoms with van der Waals surface area (Å²) >= 11 is 5.97. The Labute approximate surface area is 207 Å². The van der Waals surface area contributed by atoms with Crippen molar-refractivity contribution in [2.45, 2.75) is 71.1 Å². The van der Waals surface area contributed by atoms with Crippen molar-refractivity contribution in [3.63, 3.8) is 0 Å². The zero-order chi connectivity index (χ0) is 24.0. The second-order valence-electron chi connectivity index (χ2n) is 8.61. The predicted octanol–water partition coefficient (Wildman–Crippen LogP) is 8.10. The molecule has 0 saturated heterocycles. The quantitative estimate of drug-likeness (QED) is 0.227. The van der Waals surface area contributed by atoms with Gasteiger partial charge in [0.2, 0.25) is 0 Å². The van der Waals surface area contributed by atoms with E-state index >= 15 is 0 Å². The Morgan fingerprint density at radius 2 is 1.26 bits per heavy atom. The molecule has 0 unspecified atom stereocenters. The number of urea groups is 1. The standard InChI is InChI=1S/C27H35ClN4O2/c1-2-3-4-5-6-7-8-9-10-11-20-29-27(33)30-24-18-14-22(15-19-24)26-25(31-34-32-26)21-12-16-23(28)17-13-21/h12-19H,2-11,20H2,1H3,(H2,29,30,33). The van der Waals surface area contributed by atoms with Gasteiger partial charge in [-0.2, -0.15) is 0 Å². The Bertz CT molecular complexity index is 987. The summed E-state index contributed by atoms with van der Waals surface area (Å²) in [5, 5.41) is 14.6. The molecule has 0 aliphatic heterocycles. The van der Waals surface area contributed by atoms with Crippen molar-refractivity contribution in [2.24, 2.45) is 0 Å². The number of rotatable bonds is 14. The van der Waals surface area contributed by atoms with Crippen LogP contribution in [0, 0.1) is 0 Å². The Morgan fingerprint density at radius 1 is 0.765 bits per heavy atom. The molecule has 3 aromatic rings. The molecule has 0 fully saturated rings. The van der Waals surface area contributed by atoms with E-state index in [0.717, 1.165) is 24.0 Å². The van der Waals surface area contributed by atoms with E-state index in [1.807, 2.05) is 36.4 Å². The van der Waals surface area contributed by atoms with Gasteiger partial charge in [0.25, 0.3) is 0 Å². The van der Waals surface area contributed by atoms with Crippen LogP contribution in [-0.4, -0.2) is 22.9 Å². The van der Waals surface area contributed by atoms with Gasteiger partial charge >= 0.3 is 6.03 Å². The molecule has 2 N–H and O–H groups in total. The van der Waals surface area contributed by atoms with Crippen molar-refractivity contribution in [3.8, 4) is 22.5 Å². The number of unbranched alkanes of at least 4 members (excludes halogenated alkanes) is 9. The summed E-state index contributed by atoms with van der Waals surface area (Å²) in [7, 11) is 0. The first-order valence-electron chi connectivity index (χ1n) is 12.4. The maximum atomic E-state index is 12.2. The zero-order valence-electron chi connectivity index (χ0n) is 20.0. The summed E-state index contributed by atoms with van der Waals surface area (Å²) in [5.41, 5.74) is 3.72. The molecule has 1 aromatic heterocycles. The predicted molar refractivity (Wildman–Crippen MR) is 139 cm³/mol. The molecule has 0 atom stereocenters. The van der Waals surface area contributed by atoms with Gasteiger partial charge < -0.3 is 10.6 Å². The summed E-state index contributed by atoms with van der Waals surface area (Å²) in [6.07, 6.45) is 12.8. The van der Waals surface area contributed by atoms with Crippen LogP contribution in [0.15, 0.2) is 53.2 Å². The van der Waals surface area contributed by atoms with Crippen LogP contribution in [0.25, 0.3) is 22.5 Å². The molecule has 0 saturated carbocycles. The van der Waals surface area contributed by atoms with Crippen molar-refractivity contribution >= 4 is 23.3 Å². The minimum Gasteiger partial charge on any atom is -0.338 e. The number of hydrogen-bond acceptors (Lipinski definition) is 4. The molecule has 3 rings (SSSR count). The Hall–Kier alpha value is -2.86. The molecule has 0 aliphatic carbocycles. The van der Waals surface area contributed by atoms with E-state index < -0.39 is 0 Å². The highest BCUT2D eigenvalue weighted by Gasteiger charge is 2.14. The van der Waals surface area contributed by atoms with Gasteiger partial charge in [0.1, 0.15) is 11.4 Å². The molecular formula is C27H35ClN4O2. The third kappa shape index (κ3) is 8.49. The molecule has 182 valence electrons. The van der Waals surface area contributed by atoms with E-state index in [2.05, 4.69) is 27.9 Å². The average Bonchev–Trinajstić information content (AvgIpc) is 3.33. The van der Waals surface area contributed by atoms with E-state index in [1.54, 1.807) is 12.1 Å². The van der Waals surface area contributed by atoms with E-state index in [1.165, 1.54) is 51.4 Å². The van der Waals surface area contributed by atoms with Crippen LogP contribution in [0.4, 0.5) is 10.5 Å². The maximum Gasteiger partial charge on any atom is 0.319 e. The number of benzene rings is 2. The fourth-order valence-corrected chi connectivity index (χ4v) is 4.00.